The Balaban J connectivity index is 2.95. The summed E-state index contributed by atoms with van der Waals surface area (Å²) >= 11 is 0. The molecule has 6 nitrogen and oxygen atoms in total. The number of hydrogen-bond acceptors (Lipinski definition) is 6. The van der Waals surface area contributed by atoms with Gasteiger partial charge in [0.1, 0.15) is 0 Å². The molecule has 0 unspecified atom stereocenters. The number of hydrogen-bond donors (Lipinski definition) is 2. The molecule has 0 aliphatic heterocycles. The lowest BCUT2D eigenvalue weighted by atomic mass is 10.5. The van der Waals surface area contributed by atoms with Crippen molar-refractivity contribution in [3.63, 3.8) is 0 Å². The molecule has 0 aromatic heterocycles. The SMILES string of the molecule is O=C(CCOCCOCCO)OO. The fourth-order valence-electron chi connectivity index (χ4n) is 0.588. The molecule has 0 bridgehead atoms. The number of carbonyl (C=O) groups excluding carboxylic acids is 1. The van der Waals surface area contributed by atoms with Crippen LogP contribution in [-0.2, 0) is 19.2 Å². The van der Waals surface area contributed by atoms with Gasteiger partial charge in [-0.25, -0.2) is 4.79 Å². The Morgan fingerprint density at radius 1 is 1.08 bits per heavy atom. The molecule has 0 fully saturated rings. The van der Waals surface area contributed by atoms with Crippen LogP contribution in [0.1, 0.15) is 6.42 Å². The van der Waals surface area contributed by atoms with Gasteiger partial charge in [-0.05, 0) is 0 Å². The number of carbonyl (C=O) groups is 1. The minimum atomic E-state index is -0.726. The molecule has 0 aromatic rings. The van der Waals surface area contributed by atoms with Gasteiger partial charge < -0.3 is 19.5 Å². The zero-order valence-electron chi connectivity index (χ0n) is 7.27. The summed E-state index contributed by atoms with van der Waals surface area (Å²) in [5, 5.41) is 16.2. The summed E-state index contributed by atoms with van der Waals surface area (Å²) < 4.78 is 9.81. The van der Waals surface area contributed by atoms with Gasteiger partial charge in [0.15, 0.2) is 0 Å². The molecule has 0 amide bonds. The molecule has 13 heavy (non-hydrogen) atoms. The molecule has 0 atom stereocenters. The summed E-state index contributed by atoms with van der Waals surface area (Å²) in [4.78, 5) is 13.7. The molecule has 0 radical (unpaired) electrons. The van der Waals surface area contributed by atoms with Crippen LogP contribution in [0.25, 0.3) is 0 Å². The summed E-state index contributed by atoms with van der Waals surface area (Å²) in [6, 6.07) is 0. The number of aliphatic hydroxyl groups is 1. The second-order valence-electron chi connectivity index (χ2n) is 2.16. The van der Waals surface area contributed by atoms with Crippen molar-refractivity contribution in [3.8, 4) is 0 Å². The predicted molar refractivity (Wildman–Crippen MR) is 42.1 cm³/mol. The first kappa shape index (κ1) is 12.3. The van der Waals surface area contributed by atoms with Gasteiger partial charge >= 0.3 is 5.97 Å². The van der Waals surface area contributed by atoms with Crippen LogP contribution in [0.15, 0.2) is 0 Å². The molecule has 0 saturated heterocycles. The second-order valence-corrected chi connectivity index (χ2v) is 2.16. The van der Waals surface area contributed by atoms with Gasteiger partial charge in [0.2, 0.25) is 0 Å². The summed E-state index contributed by atoms with van der Waals surface area (Å²) in [6.07, 6.45) is 0.0104. The fourth-order valence-corrected chi connectivity index (χ4v) is 0.588. The van der Waals surface area contributed by atoms with Gasteiger partial charge in [-0.1, -0.05) is 0 Å². The average molecular weight is 194 g/mol. The second kappa shape index (κ2) is 9.40. The molecule has 6 heteroatoms. The summed E-state index contributed by atoms with van der Waals surface area (Å²) in [5.41, 5.74) is 0. The maximum atomic E-state index is 10.3. The van der Waals surface area contributed by atoms with Crippen LogP contribution in [-0.4, -0.2) is 49.4 Å². The standard InChI is InChI=1S/C7H14O6/c8-2-4-12-6-5-11-3-1-7(9)13-10/h8,10H,1-6H2. The Bertz CT molecular complexity index is 126. The zero-order valence-corrected chi connectivity index (χ0v) is 7.27. The maximum absolute atomic E-state index is 10.3. The van der Waals surface area contributed by atoms with Crippen LogP contribution < -0.4 is 0 Å². The minimum absolute atomic E-state index is 0.0104. The van der Waals surface area contributed by atoms with Crippen LogP contribution >= 0.6 is 0 Å². The first-order chi connectivity index (χ1) is 6.31. The van der Waals surface area contributed by atoms with Crippen LogP contribution in [0.3, 0.4) is 0 Å². The first-order valence-corrected chi connectivity index (χ1v) is 3.92. The Morgan fingerprint density at radius 3 is 2.23 bits per heavy atom. The molecule has 0 heterocycles. The van der Waals surface area contributed by atoms with Crippen molar-refractivity contribution >= 4 is 5.97 Å². The van der Waals surface area contributed by atoms with Crippen molar-refractivity contribution in [2.45, 2.75) is 6.42 Å². The van der Waals surface area contributed by atoms with Crippen molar-refractivity contribution in [2.24, 2.45) is 0 Å². The van der Waals surface area contributed by atoms with E-state index in [0.29, 0.717) is 13.2 Å². The lowest BCUT2D eigenvalue weighted by molar-refractivity contribution is -0.235. The molecule has 0 spiro atoms. The zero-order chi connectivity index (χ0) is 9.94. The third-order valence-corrected chi connectivity index (χ3v) is 1.16. The molecular formula is C7H14O6. The number of rotatable bonds is 8. The maximum Gasteiger partial charge on any atom is 0.344 e. The Hall–Kier alpha value is -0.690. The Labute approximate surface area is 75.9 Å². The van der Waals surface area contributed by atoms with E-state index < -0.39 is 5.97 Å². The van der Waals surface area contributed by atoms with Crippen molar-refractivity contribution in [1.82, 2.24) is 0 Å². The van der Waals surface area contributed by atoms with Crippen LogP contribution in [0.5, 0.6) is 0 Å². The van der Waals surface area contributed by atoms with E-state index in [1.165, 1.54) is 0 Å². The monoisotopic (exact) mass is 194 g/mol. The van der Waals surface area contributed by atoms with Crippen LogP contribution in [0.2, 0.25) is 0 Å². The molecule has 0 aliphatic carbocycles. The molecule has 2 N–H and O–H groups in total. The molecule has 0 aromatic carbocycles. The average Bonchev–Trinajstić information content (AvgIpc) is 2.16. The third-order valence-electron chi connectivity index (χ3n) is 1.16. The molecule has 78 valence electrons. The summed E-state index contributed by atoms with van der Waals surface area (Å²) in [6.45, 7) is 1.16. The van der Waals surface area contributed by atoms with Gasteiger partial charge in [0.05, 0.1) is 39.5 Å². The van der Waals surface area contributed by atoms with Gasteiger partial charge in [-0.2, -0.15) is 5.26 Å². The first-order valence-electron chi connectivity index (χ1n) is 3.92. The molecule has 0 aliphatic rings. The van der Waals surface area contributed by atoms with Crippen molar-refractivity contribution in [3.05, 3.63) is 0 Å². The molecule has 0 rings (SSSR count). The van der Waals surface area contributed by atoms with Gasteiger partial charge in [0, 0.05) is 0 Å². The topological polar surface area (TPSA) is 85.2 Å². The van der Waals surface area contributed by atoms with E-state index in [2.05, 4.69) is 4.89 Å². The van der Waals surface area contributed by atoms with E-state index in [-0.39, 0.29) is 26.2 Å². The number of aliphatic hydroxyl groups excluding tert-OH is 1. The summed E-state index contributed by atoms with van der Waals surface area (Å²) in [5.74, 6) is -0.726. The lowest BCUT2D eigenvalue weighted by Gasteiger charge is -2.02. The Morgan fingerprint density at radius 2 is 1.69 bits per heavy atom. The normalized spacial score (nSPS) is 10.0. The highest BCUT2D eigenvalue weighted by Gasteiger charge is 2.00. The summed E-state index contributed by atoms with van der Waals surface area (Å²) in [7, 11) is 0. The van der Waals surface area contributed by atoms with E-state index in [4.69, 9.17) is 19.8 Å². The molecular weight excluding hydrogens is 180 g/mol. The van der Waals surface area contributed by atoms with Gasteiger partial charge in [-0.15, -0.1) is 0 Å². The van der Waals surface area contributed by atoms with E-state index in [1.54, 1.807) is 0 Å². The highest BCUT2D eigenvalue weighted by Crippen LogP contribution is 1.86. The lowest BCUT2D eigenvalue weighted by Crippen LogP contribution is -2.10. The number of ether oxygens (including phenoxy) is 2. The van der Waals surface area contributed by atoms with Crippen molar-refractivity contribution < 1.29 is 29.5 Å². The highest BCUT2D eigenvalue weighted by atomic mass is 17.1. The van der Waals surface area contributed by atoms with E-state index in [1.807, 2.05) is 0 Å². The van der Waals surface area contributed by atoms with E-state index in [0.717, 1.165) is 0 Å². The van der Waals surface area contributed by atoms with Gasteiger partial charge in [0.25, 0.3) is 0 Å². The van der Waals surface area contributed by atoms with Crippen LogP contribution in [0, 0.1) is 0 Å². The molecule has 0 saturated carbocycles. The third kappa shape index (κ3) is 9.22. The van der Waals surface area contributed by atoms with E-state index in [9.17, 15) is 4.79 Å². The van der Waals surface area contributed by atoms with Crippen molar-refractivity contribution in [2.75, 3.05) is 33.0 Å². The largest absolute Gasteiger partial charge is 0.394 e. The quantitative estimate of drug-likeness (QED) is 0.305. The van der Waals surface area contributed by atoms with Crippen molar-refractivity contribution in [1.29, 1.82) is 0 Å². The van der Waals surface area contributed by atoms with Gasteiger partial charge in [-0.3, -0.25) is 0 Å². The predicted octanol–water partition coefficient (Wildman–Crippen LogP) is -0.582. The van der Waals surface area contributed by atoms with E-state index >= 15 is 0 Å². The smallest absolute Gasteiger partial charge is 0.344 e. The highest BCUT2D eigenvalue weighted by molar-refractivity contribution is 5.68. The van der Waals surface area contributed by atoms with Crippen LogP contribution in [0.4, 0.5) is 0 Å². The Kier molecular flexibility index (Phi) is 8.90. The fraction of sp³-hybridized carbons (Fsp3) is 0.857. The minimum Gasteiger partial charge on any atom is -0.394 e.